The van der Waals surface area contributed by atoms with Crippen LogP contribution >= 0.6 is 0 Å². The van der Waals surface area contributed by atoms with Crippen molar-refractivity contribution < 1.29 is 4.52 Å². The minimum atomic E-state index is 0.502. The van der Waals surface area contributed by atoms with Crippen LogP contribution < -0.4 is 0 Å². The van der Waals surface area contributed by atoms with Crippen LogP contribution in [0.15, 0.2) is 29.1 Å². The van der Waals surface area contributed by atoms with Crippen molar-refractivity contribution in [2.45, 2.75) is 40.2 Å². The molecule has 18 heavy (non-hydrogen) atoms. The molecule has 1 atom stereocenters. The highest BCUT2D eigenvalue weighted by molar-refractivity contribution is 5.00. The summed E-state index contributed by atoms with van der Waals surface area (Å²) in [4.78, 5) is 0. The van der Waals surface area contributed by atoms with Crippen LogP contribution in [0.4, 0.5) is 0 Å². The van der Waals surface area contributed by atoms with E-state index in [1.165, 1.54) is 5.69 Å². The molecule has 2 rings (SSSR count). The lowest BCUT2D eigenvalue weighted by Gasteiger charge is -2.09. The summed E-state index contributed by atoms with van der Waals surface area (Å²) in [5.74, 6) is 1.16. The normalized spacial score (nSPS) is 13.1. The lowest BCUT2D eigenvalue weighted by Crippen LogP contribution is -2.11. The minimum absolute atomic E-state index is 0.502. The molecule has 2 aromatic heterocycles. The Kier molecular flexibility index (Phi) is 4.18. The van der Waals surface area contributed by atoms with Gasteiger partial charge in [0, 0.05) is 18.8 Å². The van der Waals surface area contributed by atoms with Gasteiger partial charge in [0.2, 0.25) is 0 Å². The summed E-state index contributed by atoms with van der Waals surface area (Å²) in [6, 6.07) is 4.03. The van der Waals surface area contributed by atoms with Gasteiger partial charge in [0.05, 0.1) is 11.4 Å². The molecule has 2 aromatic rings. The zero-order valence-corrected chi connectivity index (χ0v) is 11.3. The summed E-state index contributed by atoms with van der Waals surface area (Å²) in [6.07, 6.45) is 5.66. The molecule has 98 valence electrons. The minimum Gasteiger partial charge on any atom is -0.365 e. The predicted molar refractivity (Wildman–Crippen MR) is 70.1 cm³/mol. The quantitative estimate of drug-likeness (QED) is 0.788. The van der Waals surface area contributed by atoms with E-state index < -0.39 is 0 Å². The van der Waals surface area contributed by atoms with Gasteiger partial charge in [0.1, 0.15) is 6.26 Å². The topological polar surface area (TPSA) is 43.9 Å². The first-order chi connectivity index (χ1) is 8.63. The average molecular weight is 247 g/mol. The van der Waals surface area contributed by atoms with Crippen molar-refractivity contribution in [3.63, 3.8) is 0 Å². The second-order valence-electron chi connectivity index (χ2n) is 5.43. The standard InChI is InChI=1S/C14H21N3O/c1-11(2)8-13-4-6-17(15-13)10-12(3)9-14-5-7-18-16-14/h4-7,11-12H,8-10H2,1-3H3. The van der Waals surface area contributed by atoms with Gasteiger partial charge in [-0.15, -0.1) is 0 Å². The molecular weight excluding hydrogens is 226 g/mol. The van der Waals surface area contributed by atoms with Crippen LogP contribution in [-0.4, -0.2) is 14.9 Å². The maximum absolute atomic E-state index is 4.84. The van der Waals surface area contributed by atoms with Crippen LogP contribution in [0.1, 0.15) is 32.2 Å². The Hall–Kier alpha value is -1.58. The number of aromatic nitrogens is 3. The van der Waals surface area contributed by atoms with Gasteiger partial charge in [-0.2, -0.15) is 5.10 Å². The van der Waals surface area contributed by atoms with Crippen molar-refractivity contribution in [2.75, 3.05) is 0 Å². The monoisotopic (exact) mass is 247 g/mol. The molecule has 0 aliphatic heterocycles. The number of nitrogens with zero attached hydrogens (tertiary/aromatic N) is 3. The van der Waals surface area contributed by atoms with Gasteiger partial charge in [-0.3, -0.25) is 4.68 Å². The summed E-state index contributed by atoms with van der Waals surface area (Å²) in [5, 5.41) is 8.53. The first-order valence-corrected chi connectivity index (χ1v) is 6.55. The molecule has 0 saturated carbocycles. The van der Waals surface area contributed by atoms with Crippen LogP contribution in [0.2, 0.25) is 0 Å². The molecule has 0 spiro atoms. The molecule has 0 N–H and O–H groups in total. The van der Waals surface area contributed by atoms with Gasteiger partial charge in [-0.25, -0.2) is 0 Å². The Bertz CT molecular complexity index is 459. The second kappa shape index (κ2) is 5.85. The van der Waals surface area contributed by atoms with Gasteiger partial charge in [-0.05, 0) is 30.7 Å². The lowest BCUT2D eigenvalue weighted by atomic mass is 10.1. The summed E-state index contributed by atoms with van der Waals surface area (Å²) in [7, 11) is 0. The smallest absolute Gasteiger partial charge is 0.124 e. The molecule has 1 unspecified atom stereocenters. The van der Waals surface area contributed by atoms with Gasteiger partial charge in [-0.1, -0.05) is 25.9 Å². The molecule has 4 heteroatoms. The maximum Gasteiger partial charge on any atom is 0.124 e. The van der Waals surface area contributed by atoms with Crippen LogP contribution in [0, 0.1) is 11.8 Å². The largest absolute Gasteiger partial charge is 0.365 e. The van der Waals surface area contributed by atoms with Crippen molar-refractivity contribution in [1.82, 2.24) is 14.9 Å². The third-order valence-corrected chi connectivity index (χ3v) is 2.86. The van der Waals surface area contributed by atoms with Crippen LogP contribution in [0.3, 0.4) is 0 Å². The molecule has 2 heterocycles. The zero-order valence-electron chi connectivity index (χ0n) is 11.3. The summed E-state index contributed by atoms with van der Waals surface area (Å²) in [6.45, 7) is 7.56. The van der Waals surface area contributed by atoms with E-state index in [9.17, 15) is 0 Å². The zero-order chi connectivity index (χ0) is 13.0. The van der Waals surface area contributed by atoms with Gasteiger partial charge < -0.3 is 4.52 Å². The molecule has 0 radical (unpaired) electrons. The van der Waals surface area contributed by atoms with E-state index in [2.05, 4.69) is 43.3 Å². The van der Waals surface area contributed by atoms with E-state index in [-0.39, 0.29) is 0 Å². The summed E-state index contributed by atoms with van der Waals surface area (Å²) < 4.78 is 6.87. The Morgan fingerprint density at radius 3 is 2.67 bits per heavy atom. The highest BCUT2D eigenvalue weighted by atomic mass is 16.5. The molecule has 0 aliphatic rings. The van der Waals surface area contributed by atoms with E-state index in [4.69, 9.17) is 4.52 Å². The van der Waals surface area contributed by atoms with E-state index in [1.807, 2.05) is 10.7 Å². The fourth-order valence-corrected chi connectivity index (χ4v) is 2.12. The first-order valence-electron chi connectivity index (χ1n) is 6.55. The highest BCUT2D eigenvalue weighted by Gasteiger charge is 2.08. The molecule has 0 aromatic carbocycles. The van der Waals surface area contributed by atoms with Gasteiger partial charge in [0.15, 0.2) is 0 Å². The molecular formula is C14H21N3O. The Morgan fingerprint density at radius 2 is 2.00 bits per heavy atom. The Morgan fingerprint density at radius 1 is 1.17 bits per heavy atom. The van der Waals surface area contributed by atoms with Crippen LogP contribution in [-0.2, 0) is 19.4 Å². The molecule has 0 saturated heterocycles. The van der Waals surface area contributed by atoms with Crippen molar-refractivity contribution >= 4 is 0 Å². The second-order valence-corrected chi connectivity index (χ2v) is 5.43. The Labute approximate surface area is 108 Å². The van der Waals surface area contributed by atoms with E-state index >= 15 is 0 Å². The third kappa shape index (κ3) is 3.72. The predicted octanol–water partition coefficient (Wildman–Crippen LogP) is 2.95. The average Bonchev–Trinajstić information content (AvgIpc) is 2.89. The van der Waals surface area contributed by atoms with E-state index in [0.29, 0.717) is 11.8 Å². The highest BCUT2D eigenvalue weighted by Crippen LogP contribution is 2.10. The number of hydrogen-bond acceptors (Lipinski definition) is 3. The summed E-state index contributed by atoms with van der Waals surface area (Å²) in [5.41, 5.74) is 2.19. The lowest BCUT2D eigenvalue weighted by molar-refractivity contribution is 0.392. The SMILES string of the molecule is CC(C)Cc1ccn(CC(C)Cc2ccon2)n1. The van der Waals surface area contributed by atoms with E-state index in [1.54, 1.807) is 6.26 Å². The maximum atomic E-state index is 4.84. The molecule has 4 nitrogen and oxygen atoms in total. The van der Waals surface area contributed by atoms with E-state index in [0.717, 1.165) is 25.1 Å². The molecule has 0 bridgehead atoms. The van der Waals surface area contributed by atoms with Crippen molar-refractivity contribution in [1.29, 1.82) is 0 Å². The third-order valence-electron chi connectivity index (χ3n) is 2.86. The molecule has 0 aliphatic carbocycles. The molecule has 0 fully saturated rings. The van der Waals surface area contributed by atoms with Crippen molar-refractivity contribution in [3.8, 4) is 0 Å². The van der Waals surface area contributed by atoms with Gasteiger partial charge >= 0.3 is 0 Å². The van der Waals surface area contributed by atoms with Crippen molar-refractivity contribution in [3.05, 3.63) is 36.0 Å². The van der Waals surface area contributed by atoms with Crippen molar-refractivity contribution in [2.24, 2.45) is 11.8 Å². The summed E-state index contributed by atoms with van der Waals surface area (Å²) >= 11 is 0. The fourth-order valence-electron chi connectivity index (χ4n) is 2.12. The molecule has 0 amide bonds. The fraction of sp³-hybridized carbons (Fsp3) is 0.571. The van der Waals surface area contributed by atoms with Gasteiger partial charge in [0.25, 0.3) is 0 Å². The first kappa shape index (κ1) is 12.9. The van der Waals surface area contributed by atoms with Crippen LogP contribution in [0.5, 0.6) is 0 Å². The van der Waals surface area contributed by atoms with Crippen LogP contribution in [0.25, 0.3) is 0 Å². The number of hydrogen-bond donors (Lipinski definition) is 0. The number of rotatable bonds is 6. The Balaban J connectivity index is 1.87.